The van der Waals surface area contributed by atoms with Crippen LogP contribution in [0.4, 0.5) is 24.7 Å². The summed E-state index contributed by atoms with van der Waals surface area (Å²) in [4.78, 5) is 12.9. The van der Waals surface area contributed by atoms with Crippen molar-refractivity contribution in [1.82, 2.24) is 9.78 Å². The van der Waals surface area contributed by atoms with Crippen molar-refractivity contribution >= 4 is 29.0 Å². The number of hydrogen-bond acceptors (Lipinski definition) is 7. The van der Waals surface area contributed by atoms with Crippen LogP contribution in [-0.2, 0) is 0 Å². The number of fused-ring (bicyclic) bond motifs is 2. The summed E-state index contributed by atoms with van der Waals surface area (Å²) in [5.41, 5.74) is 0.519. The van der Waals surface area contributed by atoms with Gasteiger partial charge in [0.25, 0.3) is 5.91 Å². The maximum atomic E-state index is 14.1. The average molecular weight is 525 g/mol. The van der Waals surface area contributed by atoms with Crippen LogP contribution >= 0.6 is 11.6 Å². The second-order valence-electron chi connectivity index (χ2n) is 8.08. The lowest BCUT2D eigenvalue weighted by Crippen LogP contribution is -2.35. The average Bonchev–Trinajstić information content (AvgIpc) is 3.46. The van der Waals surface area contributed by atoms with Crippen LogP contribution in [0.5, 0.6) is 23.0 Å². The van der Waals surface area contributed by atoms with Gasteiger partial charge in [0.2, 0.25) is 6.79 Å². The van der Waals surface area contributed by atoms with Crippen LogP contribution in [0.3, 0.4) is 0 Å². The molecule has 3 heterocycles. The van der Waals surface area contributed by atoms with Crippen LogP contribution < -0.4 is 29.6 Å². The molecule has 0 spiro atoms. The first-order chi connectivity index (χ1) is 17.2. The van der Waals surface area contributed by atoms with Crippen molar-refractivity contribution in [3.63, 3.8) is 0 Å². The first kappa shape index (κ1) is 23.9. The van der Waals surface area contributed by atoms with Crippen LogP contribution in [0, 0.1) is 0 Å². The van der Waals surface area contributed by atoms with Gasteiger partial charge in [0.05, 0.1) is 20.3 Å². The molecule has 1 amide bonds. The number of ether oxygens (including phenoxy) is 4. The molecule has 36 heavy (non-hydrogen) atoms. The Balaban J connectivity index is 1.47. The summed E-state index contributed by atoms with van der Waals surface area (Å²) in [5, 5.41) is 9.31. The highest BCUT2D eigenvalue weighted by molar-refractivity contribution is 6.36. The lowest BCUT2D eigenvalue weighted by atomic mass is 9.96. The molecule has 0 aliphatic carbocycles. The smallest absolute Gasteiger partial charge is 0.410 e. The SMILES string of the molecule is COc1ccc([C@H]2C[C@@H](C(F)(F)F)n3nc(C(=O)Nc4ccc5c(c4)OCO5)c(Cl)c3N2)cc1OC. The number of alkyl halides is 3. The summed E-state index contributed by atoms with van der Waals surface area (Å²) in [6.07, 6.45) is -5.03. The lowest BCUT2D eigenvalue weighted by molar-refractivity contribution is -0.173. The van der Waals surface area contributed by atoms with Crippen molar-refractivity contribution in [1.29, 1.82) is 0 Å². The van der Waals surface area contributed by atoms with Crippen molar-refractivity contribution in [2.45, 2.75) is 24.7 Å². The van der Waals surface area contributed by atoms with Gasteiger partial charge >= 0.3 is 6.18 Å². The van der Waals surface area contributed by atoms with E-state index in [0.29, 0.717) is 38.9 Å². The van der Waals surface area contributed by atoms with Crippen molar-refractivity contribution < 1.29 is 36.9 Å². The lowest BCUT2D eigenvalue weighted by Gasteiger charge is -2.33. The van der Waals surface area contributed by atoms with E-state index < -0.39 is 24.2 Å². The van der Waals surface area contributed by atoms with Gasteiger partial charge in [-0.05, 0) is 29.8 Å². The van der Waals surface area contributed by atoms with Gasteiger partial charge in [-0.2, -0.15) is 18.3 Å². The fourth-order valence-electron chi connectivity index (χ4n) is 4.19. The summed E-state index contributed by atoms with van der Waals surface area (Å²) in [5.74, 6) is 0.873. The van der Waals surface area contributed by atoms with E-state index in [1.807, 2.05) is 0 Å². The van der Waals surface area contributed by atoms with E-state index in [1.54, 1.807) is 30.3 Å². The third kappa shape index (κ3) is 4.21. The van der Waals surface area contributed by atoms with Crippen molar-refractivity contribution in [2.24, 2.45) is 0 Å². The number of aromatic nitrogens is 2. The maximum absolute atomic E-state index is 14.1. The zero-order chi connectivity index (χ0) is 25.6. The zero-order valence-electron chi connectivity index (χ0n) is 19.0. The normalized spacial score (nSPS) is 18.3. The summed E-state index contributed by atoms with van der Waals surface area (Å²) in [6.45, 7) is 0.0536. The van der Waals surface area contributed by atoms with E-state index in [-0.39, 0.29) is 29.7 Å². The molecule has 2 aliphatic heterocycles. The molecule has 3 aromatic rings. The number of hydrogen-bond donors (Lipinski definition) is 2. The van der Waals surface area contributed by atoms with Gasteiger partial charge in [-0.3, -0.25) is 4.79 Å². The Hall–Kier alpha value is -3.80. The molecule has 0 saturated heterocycles. The number of rotatable bonds is 5. The molecule has 0 fully saturated rings. The van der Waals surface area contributed by atoms with Gasteiger partial charge in [-0.15, -0.1) is 0 Å². The Kier molecular flexibility index (Phi) is 5.99. The Morgan fingerprint density at radius 2 is 1.89 bits per heavy atom. The second kappa shape index (κ2) is 9.01. The van der Waals surface area contributed by atoms with Crippen molar-refractivity contribution in [3.8, 4) is 23.0 Å². The van der Waals surface area contributed by atoms with Crippen LogP contribution in [0.15, 0.2) is 36.4 Å². The van der Waals surface area contributed by atoms with Gasteiger partial charge in [-0.25, -0.2) is 4.68 Å². The van der Waals surface area contributed by atoms with E-state index in [1.165, 1.54) is 20.3 Å². The molecular weight excluding hydrogens is 505 g/mol. The predicted molar refractivity (Wildman–Crippen MR) is 123 cm³/mol. The first-order valence-electron chi connectivity index (χ1n) is 10.7. The fourth-order valence-corrected chi connectivity index (χ4v) is 4.45. The highest BCUT2D eigenvalue weighted by atomic mass is 35.5. The van der Waals surface area contributed by atoms with Gasteiger partial charge in [0.1, 0.15) is 10.8 Å². The predicted octanol–water partition coefficient (Wildman–Crippen LogP) is 5.20. The van der Waals surface area contributed by atoms with Gasteiger partial charge < -0.3 is 29.6 Å². The number of methoxy groups -OCH3 is 2. The van der Waals surface area contributed by atoms with E-state index >= 15 is 0 Å². The minimum absolute atomic E-state index is 0.0536. The topological polar surface area (TPSA) is 95.9 Å². The molecule has 2 atom stereocenters. The quantitative estimate of drug-likeness (QED) is 0.474. The van der Waals surface area contributed by atoms with E-state index in [0.717, 1.165) is 0 Å². The molecule has 1 aromatic heterocycles. The third-order valence-electron chi connectivity index (χ3n) is 5.95. The molecular formula is C23H20ClF3N4O5. The second-order valence-corrected chi connectivity index (χ2v) is 8.46. The highest BCUT2D eigenvalue weighted by Crippen LogP contribution is 2.47. The molecule has 9 nitrogen and oxygen atoms in total. The van der Waals surface area contributed by atoms with E-state index in [2.05, 4.69) is 15.7 Å². The number of anilines is 2. The summed E-state index contributed by atoms with van der Waals surface area (Å²) < 4.78 is 64.0. The van der Waals surface area contributed by atoms with Gasteiger partial charge in [0, 0.05) is 18.2 Å². The van der Waals surface area contributed by atoms with Crippen LogP contribution in [0.25, 0.3) is 0 Å². The third-order valence-corrected chi connectivity index (χ3v) is 6.31. The standard InChI is InChI=1S/C23H20ClF3N4O5/c1-33-14-5-3-11(7-16(14)34-2)13-9-18(23(25,26)27)31-21(29-13)19(24)20(30-31)22(32)28-12-4-6-15-17(8-12)36-10-35-15/h3-8,13,18,29H,9-10H2,1-2H3,(H,28,32)/t13-,18+/m1/s1. The number of carbonyl (C=O) groups is 1. The molecule has 190 valence electrons. The van der Waals surface area contributed by atoms with Crippen LogP contribution in [0.2, 0.25) is 5.02 Å². The Morgan fingerprint density at radius 3 is 2.61 bits per heavy atom. The maximum Gasteiger partial charge on any atom is 0.410 e. The number of nitrogens with one attached hydrogen (secondary N) is 2. The summed E-state index contributed by atoms with van der Waals surface area (Å²) in [6, 6.07) is 6.74. The van der Waals surface area contributed by atoms with E-state index in [4.69, 9.17) is 30.5 Å². The molecule has 0 radical (unpaired) electrons. The summed E-state index contributed by atoms with van der Waals surface area (Å²) >= 11 is 6.41. The molecule has 5 rings (SSSR count). The largest absolute Gasteiger partial charge is 0.493 e. The Labute approximate surface area is 208 Å². The first-order valence-corrected chi connectivity index (χ1v) is 11.1. The molecule has 0 bridgehead atoms. The number of amides is 1. The Bertz CT molecular complexity index is 1330. The van der Waals surface area contributed by atoms with Crippen molar-refractivity contribution in [3.05, 3.63) is 52.7 Å². The number of carbonyl (C=O) groups excluding carboxylic acids is 1. The van der Waals surface area contributed by atoms with Crippen molar-refractivity contribution in [2.75, 3.05) is 31.6 Å². The highest BCUT2D eigenvalue weighted by Gasteiger charge is 2.48. The molecule has 0 saturated carbocycles. The minimum atomic E-state index is -4.65. The van der Waals surface area contributed by atoms with E-state index in [9.17, 15) is 18.0 Å². The number of halogens is 4. The Morgan fingerprint density at radius 1 is 1.14 bits per heavy atom. The molecule has 0 unspecified atom stereocenters. The van der Waals surface area contributed by atoms with Gasteiger partial charge in [0.15, 0.2) is 34.7 Å². The molecule has 2 N–H and O–H groups in total. The fraction of sp³-hybridized carbons (Fsp3) is 0.304. The monoisotopic (exact) mass is 524 g/mol. The molecule has 2 aliphatic rings. The number of nitrogens with zero attached hydrogens (tertiary/aromatic N) is 2. The zero-order valence-corrected chi connectivity index (χ0v) is 19.7. The minimum Gasteiger partial charge on any atom is -0.493 e. The van der Waals surface area contributed by atoms with Crippen LogP contribution in [-0.4, -0.2) is 42.9 Å². The molecule has 13 heteroatoms. The summed E-state index contributed by atoms with van der Waals surface area (Å²) in [7, 11) is 2.90. The molecule has 2 aromatic carbocycles. The van der Waals surface area contributed by atoms with Crippen LogP contribution in [0.1, 0.15) is 34.6 Å². The van der Waals surface area contributed by atoms with Gasteiger partial charge in [-0.1, -0.05) is 17.7 Å². The number of benzene rings is 2.